The maximum Gasteiger partial charge on any atom is 0.223 e. The van der Waals surface area contributed by atoms with Crippen LogP contribution in [0.5, 0.6) is 0 Å². The van der Waals surface area contributed by atoms with Crippen molar-refractivity contribution in [2.24, 2.45) is 23.3 Å². The number of carbonyl (C=O) groups excluding carboxylic acids is 2. The first-order valence-corrected chi connectivity index (χ1v) is 6.57. The lowest BCUT2D eigenvalue weighted by Crippen LogP contribution is -2.51. The smallest absolute Gasteiger partial charge is 0.223 e. The van der Waals surface area contributed by atoms with Crippen molar-refractivity contribution in [3.8, 4) is 0 Å². The zero-order valence-electron chi connectivity index (χ0n) is 11.5. The Hall–Kier alpha value is -1.10. The van der Waals surface area contributed by atoms with Crippen molar-refractivity contribution in [2.75, 3.05) is 0 Å². The molecular formula is C13H25N3O2. The lowest BCUT2D eigenvalue weighted by atomic mass is 9.77. The van der Waals surface area contributed by atoms with Gasteiger partial charge < -0.3 is 16.8 Å². The maximum atomic E-state index is 12.2. The third-order valence-electron chi connectivity index (χ3n) is 3.65. The second kappa shape index (κ2) is 5.69. The Kier molecular flexibility index (Phi) is 4.73. The predicted octanol–water partition coefficient (Wildman–Crippen LogP) is 0.520. The number of primary amides is 1. The molecule has 1 aliphatic carbocycles. The van der Waals surface area contributed by atoms with Crippen molar-refractivity contribution >= 4 is 11.8 Å². The molecule has 0 bridgehead atoms. The highest BCUT2D eigenvalue weighted by Gasteiger charge is 2.34. The Bertz CT molecular complexity index is 328. The molecule has 18 heavy (non-hydrogen) atoms. The Labute approximate surface area is 109 Å². The van der Waals surface area contributed by atoms with Crippen molar-refractivity contribution in [1.82, 2.24) is 5.32 Å². The highest BCUT2D eigenvalue weighted by Crippen LogP contribution is 2.29. The first kappa shape index (κ1) is 15.0. The van der Waals surface area contributed by atoms with E-state index in [0.717, 1.165) is 19.3 Å². The molecule has 0 aliphatic heterocycles. The Morgan fingerprint density at radius 1 is 1.33 bits per heavy atom. The predicted molar refractivity (Wildman–Crippen MR) is 70.5 cm³/mol. The SMILES string of the molecule is CC1CCC(N)CC1C(=O)NC(C)(C)CC(N)=O. The van der Waals surface area contributed by atoms with Crippen LogP contribution < -0.4 is 16.8 Å². The normalized spacial score (nSPS) is 28.8. The van der Waals surface area contributed by atoms with Crippen LogP contribution in [0.4, 0.5) is 0 Å². The van der Waals surface area contributed by atoms with E-state index < -0.39 is 11.4 Å². The summed E-state index contributed by atoms with van der Waals surface area (Å²) < 4.78 is 0. The van der Waals surface area contributed by atoms with E-state index in [2.05, 4.69) is 12.2 Å². The summed E-state index contributed by atoms with van der Waals surface area (Å²) in [5, 5.41) is 2.91. The van der Waals surface area contributed by atoms with E-state index in [1.807, 2.05) is 13.8 Å². The van der Waals surface area contributed by atoms with Gasteiger partial charge in [0.15, 0.2) is 0 Å². The van der Waals surface area contributed by atoms with Gasteiger partial charge >= 0.3 is 0 Å². The Morgan fingerprint density at radius 2 is 1.94 bits per heavy atom. The monoisotopic (exact) mass is 255 g/mol. The fourth-order valence-corrected chi connectivity index (χ4v) is 2.63. The molecular weight excluding hydrogens is 230 g/mol. The quantitative estimate of drug-likeness (QED) is 0.683. The Balaban J connectivity index is 2.61. The zero-order chi connectivity index (χ0) is 13.9. The fraction of sp³-hybridized carbons (Fsp3) is 0.846. The van der Waals surface area contributed by atoms with E-state index in [9.17, 15) is 9.59 Å². The molecule has 3 unspecified atom stereocenters. The molecule has 1 rings (SSSR count). The molecule has 2 amide bonds. The van der Waals surface area contributed by atoms with Crippen LogP contribution >= 0.6 is 0 Å². The second-order valence-electron chi connectivity index (χ2n) is 6.17. The topological polar surface area (TPSA) is 98.2 Å². The van der Waals surface area contributed by atoms with Gasteiger partial charge in [-0.25, -0.2) is 0 Å². The third kappa shape index (κ3) is 4.29. The van der Waals surface area contributed by atoms with E-state index in [1.54, 1.807) is 0 Å². The molecule has 5 N–H and O–H groups in total. The lowest BCUT2D eigenvalue weighted by Gasteiger charge is -2.34. The number of rotatable bonds is 4. The summed E-state index contributed by atoms with van der Waals surface area (Å²) in [5.74, 6) is -0.132. The number of carbonyl (C=O) groups is 2. The highest BCUT2D eigenvalue weighted by atomic mass is 16.2. The van der Waals surface area contributed by atoms with Gasteiger partial charge in [-0.15, -0.1) is 0 Å². The molecule has 0 aromatic carbocycles. The van der Waals surface area contributed by atoms with Gasteiger partial charge in [0.05, 0.1) is 0 Å². The van der Waals surface area contributed by atoms with Gasteiger partial charge in [0, 0.05) is 23.9 Å². The van der Waals surface area contributed by atoms with Gasteiger partial charge in [0.2, 0.25) is 11.8 Å². The molecule has 5 nitrogen and oxygen atoms in total. The van der Waals surface area contributed by atoms with Crippen LogP contribution in [0.25, 0.3) is 0 Å². The molecule has 0 heterocycles. The average molecular weight is 255 g/mol. The molecule has 0 spiro atoms. The number of nitrogens with two attached hydrogens (primary N) is 2. The molecule has 5 heteroatoms. The van der Waals surface area contributed by atoms with Gasteiger partial charge in [-0.3, -0.25) is 9.59 Å². The molecule has 0 aromatic heterocycles. The van der Waals surface area contributed by atoms with Crippen molar-refractivity contribution in [3.63, 3.8) is 0 Å². The van der Waals surface area contributed by atoms with E-state index >= 15 is 0 Å². The zero-order valence-corrected chi connectivity index (χ0v) is 11.5. The number of hydrogen-bond donors (Lipinski definition) is 3. The molecule has 0 aromatic rings. The maximum absolute atomic E-state index is 12.2. The van der Waals surface area contributed by atoms with Crippen molar-refractivity contribution in [2.45, 2.75) is 58.0 Å². The number of hydrogen-bond acceptors (Lipinski definition) is 3. The average Bonchev–Trinajstić information content (AvgIpc) is 2.18. The van der Waals surface area contributed by atoms with Crippen LogP contribution in [-0.2, 0) is 9.59 Å². The van der Waals surface area contributed by atoms with Crippen LogP contribution in [0.2, 0.25) is 0 Å². The lowest BCUT2D eigenvalue weighted by molar-refractivity contribution is -0.130. The van der Waals surface area contributed by atoms with Crippen LogP contribution in [-0.4, -0.2) is 23.4 Å². The fourth-order valence-electron chi connectivity index (χ4n) is 2.63. The minimum Gasteiger partial charge on any atom is -0.370 e. The van der Waals surface area contributed by atoms with Gasteiger partial charge in [-0.2, -0.15) is 0 Å². The summed E-state index contributed by atoms with van der Waals surface area (Å²) in [6, 6.07) is 0.108. The molecule has 1 aliphatic rings. The number of nitrogens with one attached hydrogen (secondary N) is 1. The Morgan fingerprint density at radius 3 is 2.50 bits per heavy atom. The van der Waals surface area contributed by atoms with E-state index in [0.29, 0.717) is 5.92 Å². The van der Waals surface area contributed by atoms with E-state index in [-0.39, 0.29) is 24.3 Å². The van der Waals surface area contributed by atoms with Gasteiger partial charge in [-0.05, 0) is 39.0 Å². The molecule has 1 fully saturated rings. The van der Waals surface area contributed by atoms with Crippen LogP contribution in [0.1, 0.15) is 46.5 Å². The first-order chi connectivity index (χ1) is 8.21. The number of amides is 2. The largest absolute Gasteiger partial charge is 0.370 e. The highest BCUT2D eigenvalue weighted by molar-refractivity contribution is 5.81. The minimum atomic E-state index is -0.593. The summed E-state index contributed by atoms with van der Waals surface area (Å²) in [6.45, 7) is 5.70. The molecule has 1 saturated carbocycles. The van der Waals surface area contributed by atoms with E-state index in [4.69, 9.17) is 11.5 Å². The van der Waals surface area contributed by atoms with Crippen molar-refractivity contribution in [1.29, 1.82) is 0 Å². The van der Waals surface area contributed by atoms with Gasteiger partial charge in [0.1, 0.15) is 0 Å². The molecule has 104 valence electrons. The van der Waals surface area contributed by atoms with Crippen LogP contribution in [0, 0.1) is 11.8 Å². The van der Waals surface area contributed by atoms with Gasteiger partial charge in [0.25, 0.3) is 0 Å². The van der Waals surface area contributed by atoms with Crippen molar-refractivity contribution in [3.05, 3.63) is 0 Å². The minimum absolute atomic E-state index is 0.0103. The standard InChI is InChI=1S/C13H25N3O2/c1-8-4-5-9(14)6-10(8)12(18)16-13(2,3)7-11(15)17/h8-10H,4-7,14H2,1-3H3,(H2,15,17)(H,16,18). The summed E-state index contributed by atoms with van der Waals surface area (Å²) in [6.07, 6.45) is 2.83. The molecule has 0 saturated heterocycles. The summed E-state index contributed by atoms with van der Waals surface area (Å²) in [7, 11) is 0. The third-order valence-corrected chi connectivity index (χ3v) is 3.65. The first-order valence-electron chi connectivity index (χ1n) is 6.57. The van der Waals surface area contributed by atoms with Gasteiger partial charge in [-0.1, -0.05) is 6.92 Å². The van der Waals surface area contributed by atoms with Crippen LogP contribution in [0.15, 0.2) is 0 Å². The summed E-state index contributed by atoms with van der Waals surface area (Å²) >= 11 is 0. The summed E-state index contributed by atoms with van der Waals surface area (Å²) in [5.41, 5.74) is 10.5. The van der Waals surface area contributed by atoms with Crippen LogP contribution in [0.3, 0.4) is 0 Å². The molecule has 3 atom stereocenters. The summed E-state index contributed by atoms with van der Waals surface area (Å²) in [4.78, 5) is 23.2. The van der Waals surface area contributed by atoms with E-state index in [1.165, 1.54) is 0 Å². The second-order valence-corrected chi connectivity index (χ2v) is 6.17. The van der Waals surface area contributed by atoms with Crippen molar-refractivity contribution < 1.29 is 9.59 Å². The molecule has 0 radical (unpaired) electrons.